The van der Waals surface area contributed by atoms with Gasteiger partial charge in [-0.2, -0.15) is 0 Å². The van der Waals surface area contributed by atoms with Gasteiger partial charge < -0.3 is 14.8 Å². The second-order valence-corrected chi connectivity index (χ2v) is 6.07. The molecule has 0 aromatic heterocycles. The maximum absolute atomic E-state index is 5.62. The number of para-hydroxylation sites is 1. The first-order valence-electron chi connectivity index (χ1n) is 7.21. The predicted octanol–water partition coefficient (Wildman–Crippen LogP) is 4.18. The zero-order chi connectivity index (χ0) is 14.5. The smallest absolute Gasteiger partial charge is 0.161 e. The molecule has 2 aromatic rings. The van der Waals surface area contributed by atoms with Crippen LogP contribution in [0.5, 0.6) is 11.5 Å². The van der Waals surface area contributed by atoms with Crippen molar-refractivity contribution in [2.45, 2.75) is 18.4 Å². The maximum Gasteiger partial charge on any atom is 0.161 e. The van der Waals surface area contributed by atoms with E-state index in [9.17, 15) is 0 Å². The average Bonchev–Trinajstić information content (AvgIpc) is 2.54. The maximum atomic E-state index is 5.62. The fraction of sp³-hybridized carbons (Fsp3) is 0.294. The standard InChI is InChI=1S/C17H19NO2S/c1-2-21-17-6-4-3-5-14(17)18-12-13-7-8-15-16(11-13)20-10-9-19-15/h3-8,11,18H,2,9-10,12H2,1H3. The number of benzene rings is 2. The molecule has 0 aliphatic carbocycles. The summed E-state index contributed by atoms with van der Waals surface area (Å²) in [4.78, 5) is 1.29. The number of fused-ring (bicyclic) bond motifs is 1. The molecule has 1 heterocycles. The van der Waals surface area contributed by atoms with Gasteiger partial charge in [0.2, 0.25) is 0 Å². The fourth-order valence-electron chi connectivity index (χ4n) is 2.29. The summed E-state index contributed by atoms with van der Waals surface area (Å²) in [5, 5.41) is 3.50. The minimum Gasteiger partial charge on any atom is -0.486 e. The van der Waals surface area contributed by atoms with Crippen LogP contribution in [0.1, 0.15) is 12.5 Å². The van der Waals surface area contributed by atoms with E-state index in [1.807, 2.05) is 17.8 Å². The van der Waals surface area contributed by atoms with Crippen molar-refractivity contribution >= 4 is 17.4 Å². The van der Waals surface area contributed by atoms with Crippen LogP contribution < -0.4 is 14.8 Å². The minimum absolute atomic E-state index is 0.625. The van der Waals surface area contributed by atoms with Crippen LogP contribution >= 0.6 is 11.8 Å². The number of nitrogens with one attached hydrogen (secondary N) is 1. The summed E-state index contributed by atoms with van der Waals surface area (Å²) < 4.78 is 11.2. The van der Waals surface area contributed by atoms with Gasteiger partial charge in [-0.3, -0.25) is 0 Å². The number of anilines is 1. The Balaban J connectivity index is 1.70. The Bertz CT molecular complexity index is 615. The number of hydrogen-bond acceptors (Lipinski definition) is 4. The predicted molar refractivity (Wildman–Crippen MR) is 87.6 cm³/mol. The Labute approximate surface area is 129 Å². The molecular weight excluding hydrogens is 282 g/mol. The van der Waals surface area contributed by atoms with Crippen LogP contribution in [0.4, 0.5) is 5.69 Å². The van der Waals surface area contributed by atoms with Gasteiger partial charge >= 0.3 is 0 Å². The van der Waals surface area contributed by atoms with E-state index >= 15 is 0 Å². The number of hydrogen-bond donors (Lipinski definition) is 1. The molecule has 0 saturated carbocycles. The van der Waals surface area contributed by atoms with Crippen molar-refractivity contribution in [2.75, 3.05) is 24.3 Å². The van der Waals surface area contributed by atoms with Crippen molar-refractivity contribution in [3.05, 3.63) is 48.0 Å². The van der Waals surface area contributed by atoms with Gasteiger partial charge in [-0.15, -0.1) is 11.8 Å². The first-order chi connectivity index (χ1) is 10.4. The number of ether oxygens (including phenoxy) is 2. The van der Waals surface area contributed by atoms with E-state index in [0.717, 1.165) is 23.8 Å². The second-order valence-electron chi connectivity index (χ2n) is 4.76. The molecule has 21 heavy (non-hydrogen) atoms. The molecule has 3 rings (SSSR count). The molecule has 0 atom stereocenters. The summed E-state index contributed by atoms with van der Waals surface area (Å²) >= 11 is 1.85. The monoisotopic (exact) mass is 301 g/mol. The van der Waals surface area contributed by atoms with Crippen molar-refractivity contribution in [1.82, 2.24) is 0 Å². The van der Waals surface area contributed by atoms with Gasteiger partial charge in [-0.1, -0.05) is 25.1 Å². The average molecular weight is 301 g/mol. The molecule has 0 saturated heterocycles. The van der Waals surface area contributed by atoms with Gasteiger partial charge in [-0.25, -0.2) is 0 Å². The Morgan fingerprint density at radius 1 is 1.05 bits per heavy atom. The van der Waals surface area contributed by atoms with E-state index in [0.29, 0.717) is 13.2 Å². The topological polar surface area (TPSA) is 30.5 Å². The third-order valence-electron chi connectivity index (χ3n) is 3.28. The molecular formula is C17H19NO2S. The normalized spacial score (nSPS) is 13.0. The molecule has 3 nitrogen and oxygen atoms in total. The Hall–Kier alpha value is -1.81. The molecule has 0 bridgehead atoms. The van der Waals surface area contributed by atoms with Crippen molar-refractivity contribution in [1.29, 1.82) is 0 Å². The van der Waals surface area contributed by atoms with E-state index in [-0.39, 0.29) is 0 Å². The van der Waals surface area contributed by atoms with Crippen LogP contribution in [-0.4, -0.2) is 19.0 Å². The molecule has 0 fully saturated rings. The van der Waals surface area contributed by atoms with E-state index < -0.39 is 0 Å². The lowest BCUT2D eigenvalue weighted by molar-refractivity contribution is 0.171. The molecule has 110 valence electrons. The number of thioether (sulfide) groups is 1. The van der Waals surface area contributed by atoms with Crippen LogP contribution in [0.25, 0.3) is 0 Å². The van der Waals surface area contributed by atoms with E-state index in [1.165, 1.54) is 16.1 Å². The van der Waals surface area contributed by atoms with Crippen LogP contribution in [0, 0.1) is 0 Å². The summed E-state index contributed by atoms with van der Waals surface area (Å²) in [6.07, 6.45) is 0. The molecule has 1 N–H and O–H groups in total. The number of rotatable bonds is 5. The molecule has 0 radical (unpaired) electrons. The Kier molecular flexibility index (Phi) is 4.55. The minimum atomic E-state index is 0.625. The van der Waals surface area contributed by atoms with Crippen LogP contribution in [0.15, 0.2) is 47.4 Å². The Morgan fingerprint density at radius 3 is 2.71 bits per heavy atom. The zero-order valence-electron chi connectivity index (χ0n) is 12.1. The SMILES string of the molecule is CCSc1ccccc1NCc1ccc2c(c1)OCCO2. The van der Waals surface area contributed by atoms with Gasteiger partial charge in [0, 0.05) is 17.1 Å². The summed E-state index contributed by atoms with van der Waals surface area (Å²) in [5.74, 6) is 2.76. The zero-order valence-corrected chi connectivity index (χ0v) is 12.9. The summed E-state index contributed by atoms with van der Waals surface area (Å²) in [6.45, 7) is 4.20. The molecule has 1 aliphatic heterocycles. The van der Waals surface area contributed by atoms with Crippen molar-refractivity contribution < 1.29 is 9.47 Å². The third-order valence-corrected chi connectivity index (χ3v) is 4.23. The van der Waals surface area contributed by atoms with Crippen molar-refractivity contribution in [3.8, 4) is 11.5 Å². The van der Waals surface area contributed by atoms with Crippen LogP contribution in [-0.2, 0) is 6.54 Å². The van der Waals surface area contributed by atoms with Gasteiger partial charge in [0.25, 0.3) is 0 Å². The van der Waals surface area contributed by atoms with Crippen molar-refractivity contribution in [2.24, 2.45) is 0 Å². The third kappa shape index (κ3) is 3.45. The molecule has 0 amide bonds. The molecule has 0 spiro atoms. The fourth-order valence-corrected chi connectivity index (χ4v) is 3.07. The van der Waals surface area contributed by atoms with Gasteiger partial charge in [0.1, 0.15) is 13.2 Å². The first kappa shape index (κ1) is 14.1. The van der Waals surface area contributed by atoms with E-state index in [4.69, 9.17) is 9.47 Å². The highest BCUT2D eigenvalue weighted by Crippen LogP contribution is 2.31. The van der Waals surface area contributed by atoms with E-state index in [1.54, 1.807) is 0 Å². The molecule has 2 aromatic carbocycles. The second kappa shape index (κ2) is 6.76. The lowest BCUT2D eigenvalue weighted by Crippen LogP contribution is -2.15. The summed E-state index contributed by atoms with van der Waals surface area (Å²) in [7, 11) is 0. The molecule has 0 unspecified atom stereocenters. The van der Waals surface area contributed by atoms with Crippen LogP contribution in [0.3, 0.4) is 0 Å². The highest BCUT2D eigenvalue weighted by Gasteiger charge is 2.11. The van der Waals surface area contributed by atoms with Gasteiger partial charge in [0.05, 0.1) is 0 Å². The lowest BCUT2D eigenvalue weighted by atomic mass is 10.2. The van der Waals surface area contributed by atoms with Gasteiger partial charge in [0.15, 0.2) is 11.5 Å². The lowest BCUT2D eigenvalue weighted by Gasteiger charge is -2.19. The highest BCUT2D eigenvalue weighted by molar-refractivity contribution is 7.99. The highest BCUT2D eigenvalue weighted by atomic mass is 32.2. The van der Waals surface area contributed by atoms with Gasteiger partial charge in [-0.05, 0) is 35.6 Å². The van der Waals surface area contributed by atoms with Crippen molar-refractivity contribution in [3.63, 3.8) is 0 Å². The largest absolute Gasteiger partial charge is 0.486 e. The first-order valence-corrected chi connectivity index (χ1v) is 8.19. The summed E-state index contributed by atoms with van der Waals surface area (Å²) in [5.41, 5.74) is 2.37. The molecule has 1 aliphatic rings. The van der Waals surface area contributed by atoms with E-state index in [2.05, 4.69) is 48.6 Å². The molecule has 4 heteroatoms. The summed E-state index contributed by atoms with van der Waals surface area (Å²) in [6, 6.07) is 14.5. The Morgan fingerprint density at radius 2 is 1.86 bits per heavy atom. The quantitative estimate of drug-likeness (QED) is 0.839. The van der Waals surface area contributed by atoms with Crippen LogP contribution in [0.2, 0.25) is 0 Å².